The van der Waals surface area contributed by atoms with Crippen LogP contribution in [-0.2, 0) is 4.79 Å². The molecule has 5 nitrogen and oxygen atoms in total. The molecule has 2 heterocycles. The molecular formula is C17H25N3O2S. The van der Waals surface area contributed by atoms with E-state index in [1.165, 1.54) is 0 Å². The summed E-state index contributed by atoms with van der Waals surface area (Å²) in [6.45, 7) is 5.12. The average Bonchev–Trinajstić information content (AvgIpc) is 2.96. The Bertz CT molecular complexity index is 520. The third kappa shape index (κ3) is 4.26. The number of benzene rings is 1. The highest BCUT2D eigenvalue weighted by Crippen LogP contribution is 2.21. The minimum absolute atomic E-state index is 0.0920. The second-order valence-electron chi connectivity index (χ2n) is 6.37. The first kappa shape index (κ1) is 16.8. The Labute approximate surface area is 142 Å². The number of aliphatic hydroxyl groups is 1. The van der Waals surface area contributed by atoms with Crippen molar-refractivity contribution in [1.82, 2.24) is 14.7 Å². The van der Waals surface area contributed by atoms with E-state index in [-0.39, 0.29) is 11.9 Å². The zero-order valence-corrected chi connectivity index (χ0v) is 14.4. The Morgan fingerprint density at radius 3 is 2.57 bits per heavy atom. The number of likely N-dealkylation sites (N-methyl/N-ethyl adjacent to an activating group) is 1. The number of carbonyl (C=O) groups is 1. The molecule has 0 unspecified atom stereocenters. The van der Waals surface area contributed by atoms with Crippen molar-refractivity contribution in [2.75, 3.05) is 52.1 Å². The predicted molar refractivity (Wildman–Crippen MR) is 92.6 cm³/mol. The number of amides is 1. The number of rotatable bonds is 4. The molecule has 0 spiro atoms. The zero-order chi connectivity index (χ0) is 16.2. The third-order valence-corrected chi connectivity index (χ3v) is 5.72. The van der Waals surface area contributed by atoms with Gasteiger partial charge in [0.1, 0.15) is 0 Å². The SMILES string of the molecule is CN1CCN([C@@H]2CN(C(=O)CSc3ccccc3)C[C@H]2O)CC1. The van der Waals surface area contributed by atoms with Crippen LogP contribution in [0.5, 0.6) is 0 Å². The van der Waals surface area contributed by atoms with E-state index in [9.17, 15) is 9.90 Å². The lowest BCUT2D eigenvalue weighted by atomic mass is 10.1. The van der Waals surface area contributed by atoms with Gasteiger partial charge in [-0.3, -0.25) is 9.69 Å². The quantitative estimate of drug-likeness (QED) is 0.817. The van der Waals surface area contributed by atoms with Crippen LogP contribution < -0.4 is 0 Å². The molecule has 0 aliphatic carbocycles. The highest BCUT2D eigenvalue weighted by molar-refractivity contribution is 8.00. The highest BCUT2D eigenvalue weighted by atomic mass is 32.2. The van der Waals surface area contributed by atoms with Crippen LogP contribution in [0.3, 0.4) is 0 Å². The molecule has 2 aliphatic heterocycles. The first-order valence-corrected chi connectivity index (χ1v) is 9.18. The Morgan fingerprint density at radius 1 is 1.17 bits per heavy atom. The molecule has 1 N–H and O–H groups in total. The molecule has 0 aromatic heterocycles. The molecule has 1 aromatic carbocycles. The lowest BCUT2D eigenvalue weighted by molar-refractivity contribution is -0.127. The van der Waals surface area contributed by atoms with Crippen molar-refractivity contribution >= 4 is 17.7 Å². The second-order valence-corrected chi connectivity index (χ2v) is 7.42. The average molecular weight is 335 g/mol. The fourth-order valence-corrected chi connectivity index (χ4v) is 4.06. The molecule has 0 saturated carbocycles. The minimum Gasteiger partial charge on any atom is -0.390 e. The summed E-state index contributed by atoms with van der Waals surface area (Å²) < 4.78 is 0. The number of hydrogen-bond acceptors (Lipinski definition) is 5. The van der Waals surface area contributed by atoms with Crippen LogP contribution >= 0.6 is 11.8 Å². The van der Waals surface area contributed by atoms with E-state index in [1.807, 2.05) is 35.2 Å². The molecule has 6 heteroatoms. The van der Waals surface area contributed by atoms with Gasteiger partial charge < -0.3 is 14.9 Å². The van der Waals surface area contributed by atoms with E-state index in [1.54, 1.807) is 11.8 Å². The fraction of sp³-hybridized carbons (Fsp3) is 0.588. The minimum atomic E-state index is -0.427. The number of hydrogen-bond donors (Lipinski definition) is 1. The lowest BCUT2D eigenvalue weighted by Crippen LogP contribution is -2.52. The summed E-state index contributed by atoms with van der Waals surface area (Å²) in [6, 6.07) is 10.1. The molecule has 2 saturated heterocycles. The van der Waals surface area contributed by atoms with Gasteiger partial charge in [0.25, 0.3) is 0 Å². The predicted octanol–water partition coefficient (Wildman–Crippen LogP) is 0.598. The summed E-state index contributed by atoms with van der Waals surface area (Å²) in [7, 11) is 2.12. The van der Waals surface area contributed by atoms with Crippen LogP contribution in [0.1, 0.15) is 0 Å². The smallest absolute Gasteiger partial charge is 0.233 e. The van der Waals surface area contributed by atoms with Crippen molar-refractivity contribution < 1.29 is 9.90 Å². The summed E-state index contributed by atoms with van der Waals surface area (Å²) in [5.41, 5.74) is 0. The summed E-state index contributed by atoms with van der Waals surface area (Å²) in [5.74, 6) is 0.557. The summed E-state index contributed by atoms with van der Waals surface area (Å²) in [5, 5.41) is 10.4. The van der Waals surface area contributed by atoms with E-state index >= 15 is 0 Å². The van der Waals surface area contributed by atoms with Crippen molar-refractivity contribution in [3.05, 3.63) is 30.3 Å². The largest absolute Gasteiger partial charge is 0.390 e. The van der Waals surface area contributed by atoms with Crippen molar-refractivity contribution in [3.63, 3.8) is 0 Å². The van der Waals surface area contributed by atoms with Gasteiger partial charge in [-0.1, -0.05) is 18.2 Å². The number of nitrogens with zero attached hydrogens (tertiary/aromatic N) is 3. The van der Waals surface area contributed by atoms with Gasteiger partial charge in [0.05, 0.1) is 17.9 Å². The van der Waals surface area contributed by atoms with Crippen LogP contribution in [0.25, 0.3) is 0 Å². The summed E-state index contributed by atoms with van der Waals surface area (Å²) in [4.78, 5) is 20.0. The Balaban J connectivity index is 1.50. The van der Waals surface area contributed by atoms with Crippen molar-refractivity contribution in [1.29, 1.82) is 0 Å². The number of thioether (sulfide) groups is 1. The van der Waals surface area contributed by atoms with Crippen LogP contribution in [0, 0.1) is 0 Å². The Kier molecular flexibility index (Phi) is 5.58. The summed E-state index contributed by atoms with van der Waals surface area (Å²) >= 11 is 1.56. The van der Waals surface area contributed by atoms with E-state index in [2.05, 4.69) is 16.8 Å². The maximum atomic E-state index is 12.4. The van der Waals surface area contributed by atoms with Gasteiger partial charge >= 0.3 is 0 Å². The molecule has 2 fully saturated rings. The molecule has 3 rings (SSSR count). The lowest BCUT2D eigenvalue weighted by Gasteiger charge is -2.37. The molecular weight excluding hydrogens is 310 g/mol. The fourth-order valence-electron chi connectivity index (χ4n) is 3.24. The summed E-state index contributed by atoms with van der Waals surface area (Å²) in [6.07, 6.45) is -0.427. The molecule has 0 radical (unpaired) electrons. The van der Waals surface area contributed by atoms with E-state index < -0.39 is 6.10 Å². The van der Waals surface area contributed by atoms with E-state index in [0.29, 0.717) is 18.8 Å². The van der Waals surface area contributed by atoms with E-state index in [4.69, 9.17) is 0 Å². The molecule has 1 aromatic rings. The normalized spacial score (nSPS) is 26.6. The van der Waals surface area contributed by atoms with Gasteiger partial charge in [-0.05, 0) is 19.2 Å². The first-order chi connectivity index (χ1) is 11.1. The molecule has 23 heavy (non-hydrogen) atoms. The van der Waals surface area contributed by atoms with Gasteiger partial charge in [-0.25, -0.2) is 0 Å². The van der Waals surface area contributed by atoms with Gasteiger partial charge in [0.15, 0.2) is 0 Å². The van der Waals surface area contributed by atoms with Crippen molar-refractivity contribution in [3.8, 4) is 0 Å². The van der Waals surface area contributed by atoms with Gasteiger partial charge in [0, 0.05) is 44.2 Å². The maximum Gasteiger partial charge on any atom is 0.233 e. The van der Waals surface area contributed by atoms with Crippen LogP contribution in [-0.4, -0.2) is 89.9 Å². The van der Waals surface area contributed by atoms with Crippen molar-refractivity contribution in [2.45, 2.75) is 17.0 Å². The molecule has 1 amide bonds. The number of β-amino-alcohol motifs (C(OH)–C–C–N with tert-alkyl or cyclic N) is 1. The van der Waals surface area contributed by atoms with Crippen molar-refractivity contribution in [2.24, 2.45) is 0 Å². The topological polar surface area (TPSA) is 47.0 Å². The monoisotopic (exact) mass is 335 g/mol. The van der Waals surface area contributed by atoms with Crippen LogP contribution in [0.15, 0.2) is 35.2 Å². The zero-order valence-electron chi connectivity index (χ0n) is 13.6. The van der Waals surface area contributed by atoms with E-state index in [0.717, 1.165) is 31.1 Å². The van der Waals surface area contributed by atoms with Crippen LogP contribution in [0.4, 0.5) is 0 Å². The van der Waals surface area contributed by atoms with Crippen LogP contribution in [0.2, 0.25) is 0 Å². The third-order valence-electron chi connectivity index (χ3n) is 4.72. The van der Waals surface area contributed by atoms with Gasteiger partial charge in [-0.15, -0.1) is 11.8 Å². The number of likely N-dealkylation sites (tertiary alicyclic amines) is 1. The highest BCUT2D eigenvalue weighted by Gasteiger charge is 2.38. The molecule has 2 atom stereocenters. The second kappa shape index (κ2) is 7.66. The van der Waals surface area contributed by atoms with Gasteiger partial charge in [-0.2, -0.15) is 0 Å². The standard InChI is InChI=1S/C17H25N3O2S/c1-18-7-9-19(10-8-18)15-11-20(12-16(15)21)17(22)13-23-14-5-3-2-4-6-14/h2-6,15-16,21H,7-13H2,1H3/t15-,16-/m1/s1. The number of carbonyl (C=O) groups excluding carboxylic acids is 1. The molecule has 2 aliphatic rings. The maximum absolute atomic E-state index is 12.4. The first-order valence-electron chi connectivity index (χ1n) is 8.20. The molecule has 126 valence electrons. The Hall–Kier alpha value is -1.08. The molecule has 0 bridgehead atoms. The number of aliphatic hydroxyl groups excluding tert-OH is 1. The van der Waals surface area contributed by atoms with Gasteiger partial charge in [0.2, 0.25) is 5.91 Å². The number of piperazine rings is 1. The Morgan fingerprint density at radius 2 is 1.87 bits per heavy atom.